The van der Waals surface area contributed by atoms with E-state index in [2.05, 4.69) is 15.3 Å². The van der Waals surface area contributed by atoms with Crippen LogP contribution in [0.3, 0.4) is 0 Å². The average molecular weight is 420 g/mol. The number of nitrogens with one attached hydrogen (secondary N) is 1. The van der Waals surface area contributed by atoms with Gasteiger partial charge < -0.3 is 15.8 Å². The first-order valence-electron chi connectivity index (χ1n) is 10.4. The normalized spacial score (nSPS) is 18.4. The van der Waals surface area contributed by atoms with Crippen LogP contribution in [-0.4, -0.2) is 29.0 Å². The van der Waals surface area contributed by atoms with Crippen LogP contribution in [0.1, 0.15) is 47.7 Å². The highest BCUT2D eigenvalue weighted by Crippen LogP contribution is 2.36. The predicted octanol–water partition coefficient (Wildman–Crippen LogP) is 4.53. The molecule has 1 heterocycles. The van der Waals surface area contributed by atoms with Crippen LogP contribution in [0.15, 0.2) is 54.7 Å². The van der Waals surface area contributed by atoms with Gasteiger partial charge in [0.05, 0.1) is 12.7 Å². The molecule has 4 rings (SSSR count). The summed E-state index contributed by atoms with van der Waals surface area (Å²) in [5.74, 6) is -0.132. The van der Waals surface area contributed by atoms with Crippen LogP contribution >= 0.6 is 0 Å². The smallest absolute Gasteiger partial charge is 0.274 e. The van der Waals surface area contributed by atoms with E-state index in [4.69, 9.17) is 10.5 Å². The lowest BCUT2D eigenvalue weighted by atomic mass is 9.81. The number of aromatic nitrogens is 2. The molecule has 160 valence electrons. The molecule has 3 aromatic rings. The predicted molar refractivity (Wildman–Crippen MR) is 118 cm³/mol. The largest absolute Gasteiger partial charge is 0.496 e. The third-order valence-corrected chi connectivity index (χ3v) is 5.73. The highest BCUT2D eigenvalue weighted by molar-refractivity contribution is 6.03. The molecular formula is C24H25FN4O2. The first-order valence-corrected chi connectivity index (χ1v) is 10.4. The number of rotatable bonds is 5. The topological polar surface area (TPSA) is 90.1 Å². The summed E-state index contributed by atoms with van der Waals surface area (Å²) < 4.78 is 19.7. The summed E-state index contributed by atoms with van der Waals surface area (Å²) in [7, 11) is 1.45. The molecule has 31 heavy (non-hydrogen) atoms. The zero-order valence-corrected chi connectivity index (χ0v) is 17.3. The van der Waals surface area contributed by atoms with E-state index in [0.717, 1.165) is 36.9 Å². The molecule has 0 spiro atoms. The van der Waals surface area contributed by atoms with Crippen molar-refractivity contribution in [1.82, 2.24) is 9.97 Å². The lowest BCUT2D eigenvalue weighted by Gasteiger charge is -2.27. The lowest BCUT2D eigenvalue weighted by Crippen LogP contribution is -2.26. The van der Waals surface area contributed by atoms with Crippen molar-refractivity contribution in [2.75, 3.05) is 12.4 Å². The Hall–Kier alpha value is -3.32. The van der Waals surface area contributed by atoms with E-state index in [9.17, 15) is 9.18 Å². The summed E-state index contributed by atoms with van der Waals surface area (Å²) in [5.41, 5.74) is 8.18. The van der Waals surface area contributed by atoms with Crippen LogP contribution in [0.25, 0.3) is 11.4 Å². The first kappa shape index (κ1) is 20.9. The number of carbonyl (C=O) groups excluding carboxylic acids is 1. The van der Waals surface area contributed by atoms with Gasteiger partial charge in [0.15, 0.2) is 5.82 Å². The van der Waals surface area contributed by atoms with Crippen molar-refractivity contribution >= 4 is 11.6 Å². The van der Waals surface area contributed by atoms with Gasteiger partial charge >= 0.3 is 0 Å². The second kappa shape index (κ2) is 9.22. The highest BCUT2D eigenvalue weighted by Gasteiger charge is 2.23. The van der Waals surface area contributed by atoms with Crippen molar-refractivity contribution in [2.24, 2.45) is 5.73 Å². The molecule has 6 nitrogen and oxygen atoms in total. The molecular weight excluding hydrogens is 395 g/mol. The highest BCUT2D eigenvalue weighted by atomic mass is 19.1. The monoisotopic (exact) mass is 420 g/mol. The van der Waals surface area contributed by atoms with Crippen LogP contribution in [0.4, 0.5) is 10.1 Å². The second-order valence-corrected chi connectivity index (χ2v) is 7.74. The molecule has 1 amide bonds. The molecule has 1 aliphatic carbocycles. The van der Waals surface area contributed by atoms with Gasteiger partial charge in [-0.2, -0.15) is 0 Å². The maximum Gasteiger partial charge on any atom is 0.274 e. The molecule has 0 atom stereocenters. The summed E-state index contributed by atoms with van der Waals surface area (Å²) in [4.78, 5) is 21.4. The van der Waals surface area contributed by atoms with Crippen LogP contribution < -0.4 is 15.8 Å². The van der Waals surface area contributed by atoms with E-state index in [-0.39, 0.29) is 29.0 Å². The Bertz CT molecular complexity index is 1080. The molecule has 0 unspecified atom stereocenters. The number of halogens is 1. The van der Waals surface area contributed by atoms with Crippen molar-refractivity contribution in [3.05, 3.63) is 71.8 Å². The third kappa shape index (κ3) is 4.56. The summed E-state index contributed by atoms with van der Waals surface area (Å²) in [5, 5.41) is 2.97. The Morgan fingerprint density at radius 3 is 2.65 bits per heavy atom. The fraction of sp³-hybridized carbons (Fsp3) is 0.292. The minimum Gasteiger partial charge on any atom is -0.496 e. The van der Waals surface area contributed by atoms with Gasteiger partial charge in [0.25, 0.3) is 5.91 Å². The van der Waals surface area contributed by atoms with Crippen molar-refractivity contribution in [2.45, 2.75) is 37.6 Å². The second-order valence-electron chi connectivity index (χ2n) is 7.74. The van der Waals surface area contributed by atoms with Gasteiger partial charge in [-0.3, -0.25) is 4.79 Å². The van der Waals surface area contributed by atoms with E-state index in [1.54, 1.807) is 12.1 Å². The molecule has 1 aromatic heterocycles. The van der Waals surface area contributed by atoms with Crippen molar-refractivity contribution in [1.29, 1.82) is 0 Å². The summed E-state index contributed by atoms with van der Waals surface area (Å²) >= 11 is 0. The number of hydrogen-bond acceptors (Lipinski definition) is 5. The quantitative estimate of drug-likeness (QED) is 0.633. The number of carbonyl (C=O) groups is 1. The van der Waals surface area contributed by atoms with Crippen LogP contribution in [0, 0.1) is 5.82 Å². The number of benzene rings is 2. The zero-order valence-electron chi connectivity index (χ0n) is 17.3. The van der Waals surface area contributed by atoms with E-state index in [1.165, 1.54) is 25.4 Å². The minimum atomic E-state index is -0.516. The Kier molecular flexibility index (Phi) is 6.23. The average Bonchev–Trinajstić information content (AvgIpc) is 2.80. The molecule has 1 fully saturated rings. The number of amides is 1. The Balaban J connectivity index is 1.59. The van der Waals surface area contributed by atoms with Crippen molar-refractivity contribution in [3.8, 4) is 17.1 Å². The maximum atomic E-state index is 14.4. The molecule has 7 heteroatoms. The number of anilines is 1. The SMILES string of the molecule is COc1cccc(F)c1-c1nccc(C(=O)Nc2ccccc2[C@H]2CC[C@@H](N)CC2)n1. The fourth-order valence-electron chi connectivity index (χ4n) is 4.08. The molecule has 0 bridgehead atoms. The Labute approximate surface area is 180 Å². The van der Waals surface area contributed by atoms with Crippen molar-refractivity contribution < 1.29 is 13.9 Å². The molecule has 0 saturated heterocycles. The first-order chi connectivity index (χ1) is 15.1. The number of nitrogens with two attached hydrogens (primary N) is 1. The minimum absolute atomic E-state index is 0.0946. The maximum absolute atomic E-state index is 14.4. The molecule has 0 radical (unpaired) electrons. The zero-order chi connectivity index (χ0) is 21.8. The van der Waals surface area contributed by atoms with Gasteiger partial charge in [-0.15, -0.1) is 0 Å². The van der Waals surface area contributed by atoms with Crippen LogP contribution in [-0.2, 0) is 0 Å². The molecule has 2 aromatic carbocycles. The number of ether oxygens (including phenoxy) is 1. The molecule has 1 aliphatic rings. The lowest BCUT2D eigenvalue weighted by molar-refractivity contribution is 0.102. The van der Waals surface area contributed by atoms with Crippen LogP contribution in [0.5, 0.6) is 5.75 Å². The van der Waals surface area contributed by atoms with E-state index < -0.39 is 5.82 Å². The molecule has 0 aliphatic heterocycles. The van der Waals surface area contributed by atoms with Gasteiger partial charge in [-0.1, -0.05) is 24.3 Å². The van der Waals surface area contributed by atoms with Gasteiger partial charge in [0.2, 0.25) is 0 Å². The Morgan fingerprint density at radius 2 is 1.87 bits per heavy atom. The number of para-hydroxylation sites is 1. The number of methoxy groups -OCH3 is 1. The molecule has 1 saturated carbocycles. The summed E-state index contributed by atoms with van der Waals surface area (Å²) in [6.07, 6.45) is 5.40. The summed E-state index contributed by atoms with van der Waals surface area (Å²) in [6, 6.07) is 14.1. The summed E-state index contributed by atoms with van der Waals surface area (Å²) in [6.45, 7) is 0. The fourth-order valence-corrected chi connectivity index (χ4v) is 4.08. The van der Waals surface area contributed by atoms with Gasteiger partial charge in [0, 0.05) is 17.9 Å². The van der Waals surface area contributed by atoms with Crippen LogP contribution in [0.2, 0.25) is 0 Å². The molecule has 3 N–H and O–H groups in total. The number of nitrogens with zero attached hydrogens (tertiary/aromatic N) is 2. The van der Waals surface area contributed by atoms with Gasteiger partial charge in [0.1, 0.15) is 17.3 Å². The van der Waals surface area contributed by atoms with Gasteiger partial charge in [-0.05, 0) is 61.4 Å². The van der Waals surface area contributed by atoms with Crippen molar-refractivity contribution in [3.63, 3.8) is 0 Å². The third-order valence-electron chi connectivity index (χ3n) is 5.73. The van der Waals surface area contributed by atoms with E-state index in [1.807, 2.05) is 24.3 Å². The number of hydrogen-bond donors (Lipinski definition) is 2. The Morgan fingerprint density at radius 1 is 1.10 bits per heavy atom. The standard InChI is InChI=1S/C24H25FN4O2/c1-31-21-8-4-6-18(25)22(21)23-27-14-13-20(28-23)24(30)29-19-7-3-2-5-17(19)15-9-11-16(26)12-10-15/h2-8,13-16H,9-12,26H2,1H3,(H,29,30)/t15-,16+. The van der Waals surface area contributed by atoms with E-state index in [0.29, 0.717) is 11.7 Å². The van der Waals surface area contributed by atoms with E-state index >= 15 is 0 Å². The van der Waals surface area contributed by atoms with Gasteiger partial charge in [-0.25, -0.2) is 14.4 Å².